The van der Waals surface area contributed by atoms with E-state index in [1.165, 1.54) is 0 Å². The number of urea groups is 1. The third-order valence-electron chi connectivity index (χ3n) is 4.08. The van der Waals surface area contributed by atoms with Gasteiger partial charge in [0.05, 0.1) is 11.8 Å². The van der Waals surface area contributed by atoms with E-state index >= 15 is 0 Å². The Morgan fingerprint density at radius 1 is 1.35 bits per heavy atom. The van der Waals surface area contributed by atoms with Crippen LogP contribution < -0.4 is 10.1 Å². The third kappa shape index (κ3) is 4.72. The number of piperazine rings is 1. The average Bonchev–Trinajstić information content (AvgIpc) is 3.01. The van der Waals surface area contributed by atoms with Gasteiger partial charge in [-0.1, -0.05) is 5.16 Å². The first-order chi connectivity index (χ1) is 12.5. The van der Waals surface area contributed by atoms with Gasteiger partial charge in [-0.15, -0.1) is 0 Å². The maximum absolute atomic E-state index is 12.5. The van der Waals surface area contributed by atoms with E-state index < -0.39 is 0 Å². The summed E-state index contributed by atoms with van der Waals surface area (Å²) >= 11 is 0. The van der Waals surface area contributed by atoms with Crippen molar-refractivity contribution < 1.29 is 14.1 Å². The van der Waals surface area contributed by atoms with Crippen molar-refractivity contribution in [3.63, 3.8) is 0 Å². The van der Waals surface area contributed by atoms with Gasteiger partial charge in [-0.3, -0.25) is 10.2 Å². The lowest BCUT2D eigenvalue weighted by Crippen LogP contribution is -2.49. The van der Waals surface area contributed by atoms with Gasteiger partial charge in [-0.25, -0.2) is 9.78 Å². The minimum absolute atomic E-state index is 0.0126. The van der Waals surface area contributed by atoms with Gasteiger partial charge in [0.1, 0.15) is 5.76 Å². The molecule has 140 valence electrons. The van der Waals surface area contributed by atoms with Gasteiger partial charge in [0.25, 0.3) is 0 Å². The van der Waals surface area contributed by atoms with Crippen molar-refractivity contribution >= 4 is 11.8 Å². The van der Waals surface area contributed by atoms with Crippen LogP contribution in [0.3, 0.4) is 0 Å². The average molecular weight is 359 g/mol. The zero-order valence-corrected chi connectivity index (χ0v) is 15.4. The Balaban J connectivity index is 1.52. The topological polar surface area (TPSA) is 83.7 Å². The van der Waals surface area contributed by atoms with E-state index in [0.717, 1.165) is 31.1 Å². The molecule has 1 aliphatic rings. The Bertz CT molecular complexity index is 738. The van der Waals surface area contributed by atoms with Crippen molar-refractivity contribution in [2.24, 2.45) is 0 Å². The van der Waals surface area contributed by atoms with Crippen LogP contribution in [0.25, 0.3) is 0 Å². The fourth-order valence-corrected chi connectivity index (χ4v) is 2.84. The standard InChI is InChI=1S/C18H25N5O3/c1-13(2)25-16-5-4-6-19-17(16)20-18(24)23-9-7-22(8-10-23)12-15-11-14(3)26-21-15/h4-6,11,13H,7-10,12H2,1-3H3,(H,19,20,24). The number of ether oxygens (including phenoxy) is 1. The zero-order valence-electron chi connectivity index (χ0n) is 15.4. The molecule has 1 fully saturated rings. The Labute approximate surface area is 153 Å². The van der Waals surface area contributed by atoms with E-state index in [1.54, 1.807) is 23.2 Å². The number of nitrogens with one attached hydrogen (secondary N) is 1. The Morgan fingerprint density at radius 2 is 2.12 bits per heavy atom. The number of rotatable bonds is 5. The second-order valence-electron chi connectivity index (χ2n) is 6.64. The number of nitrogens with zero attached hydrogens (tertiary/aromatic N) is 4. The maximum Gasteiger partial charge on any atom is 0.323 e. The molecule has 8 nitrogen and oxygen atoms in total. The van der Waals surface area contributed by atoms with Crippen molar-refractivity contribution in [3.05, 3.63) is 35.9 Å². The second kappa shape index (κ2) is 8.18. The van der Waals surface area contributed by atoms with Crippen molar-refractivity contribution in [2.45, 2.75) is 33.4 Å². The smallest absolute Gasteiger partial charge is 0.323 e. The molecule has 0 radical (unpaired) electrons. The molecule has 8 heteroatoms. The van der Waals surface area contributed by atoms with Crippen LogP contribution in [-0.2, 0) is 6.54 Å². The summed E-state index contributed by atoms with van der Waals surface area (Å²) in [6.07, 6.45) is 1.65. The summed E-state index contributed by atoms with van der Waals surface area (Å²) in [5.74, 6) is 1.84. The highest BCUT2D eigenvalue weighted by atomic mass is 16.5. The molecule has 0 unspecified atom stereocenters. The third-order valence-corrected chi connectivity index (χ3v) is 4.08. The maximum atomic E-state index is 12.5. The summed E-state index contributed by atoms with van der Waals surface area (Å²) in [5.41, 5.74) is 0.921. The fraction of sp³-hybridized carbons (Fsp3) is 0.500. The minimum Gasteiger partial charge on any atom is -0.487 e. The molecule has 0 aliphatic carbocycles. The van der Waals surface area contributed by atoms with Crippen LogP contribution in [0.15, 0.2) is 28.9 Å². The predicted molar refractivity (Wildman–Crippen MR) is 97.1 cm³/mol. The molecule has 2 aromatic heterocycles. The molecular formula is C18H25N5O3. The number of pyridine rings is 1. The lowest BCUT2D eigenvalue weighted by atomic mass is 10.3. The van der Waals surface area contributed by atoms with Crippen molar-refractivity contribution in [2.75, 3.05) is 31.5 Å². The number of aromatic nitrogens is 2. The number of amides is 2. The first-order valence-corrected chi connectivity index (χ1v) is 8.83. The van der Waals surface area contributed by atoms with Crippen LogP contribution in [0, 0.1) is 6.92 Å². The first-order valence-electron chi connectivity index (χ1n) is 8.83. The van der Waals surface area contributed by atoms with Crippen molar-refractivity contribution in [1.29, 1.82) is 0 Å². The Hall–Kier alpha value is -2.61. The summed E-state index contributed by atoms with van der Waals surface area (Å²) in [6.45, 7) is 9.37. The summed E-state index contributed by atoms with van der Waals surface area (Å²) in [6, 6.07) is 5.38. The van der Waals surface area contributed by atoms with E-state index in [2.05, 4.69) is 20.4 Å². The van der Waals surface area contributed by atoms with Crippen LogP contribution in [0.2, 0.25) is 0 Å². The summed E-state index contributed by atoms with van der Waals surface area (Å²) in [5, 5.41) is 6.88. The predicted octanol–water partition coefficient (Wildman–Crippen LogP) is 2.51. The van der Waals surface area contributed by atoms with Crippen molar-refractivity contribution in [1.82, 2.24) is 19.9 Å². The molecule has 1 saturated heterocycles. The molecule has 1 aliphatic heterocycles. The van der Waals surface area contributed by atoms with Gasteiger partial charge in [-0.2, -0.15) is 0 Å². The van der Waals surface area contributed by atoms with E-state index in [9.17, 15) is 4.79 Å². The Morgan fingerprint density at radius 3 is 2.77 bits per heavy atom. The van der Waals surface area contributed by atoms with Crippen LogP contribution in [0.5, 0.6) is 5.75 Å². The Kier molecular flexibility index (Phi) is 5.72. The van der Waals surface area contributed by atoms with Gasteiger partial charge in [0.2, 0.25) is 0 Å². The monoisotopic (exact) mass is 359 g/mol. The van der Waals surface area contributed by atoms with Gasteiger partial charge < -0.3 is 14.2 Å². The number of aryl methyl sites for hydroxylation is 1. The lowest BCUT2D eigenvalue weighted by molar-refractivity contribution is 0.140. The van der Waals surface area contributed by atoms with Crippen LogP contribution in [-0.4, -0.2) is 58.3 Å². The number of hydrogen-bond donors (Lipinski definition) is 1. The van der Waals surface area contributed by atoms with Gasteiger partial charge in [0.15, 0.2) is 11.6 Å². The normalized spacial score (nSPS) is 15.3. The van der Waals surface area contributed by atoms with E-state index in [4.69, 9.17) is 9.26 Å². The van der Waals surface area contributed by atoms with Crippen LogP contribution in [0.1, 0.15) is 25.3 Å². The van der Waals surface area contributed by atoms with E-state index in [1.807, 2.05) is 26.8 Å². The molecular weight excluding hydrogens is 334 g/mol. The molecule has 2 aromatic rings. The summed E-state index contributed by atoms with van der Waals surface area (Å²) in [7, 11) is 0. The summed E-state index contributed by atoms with van der Waals surface area (Å²) < 4.78 is 10.8. The van der Waals surface area contributed by atoms with Crippen LogP contribution in [0.4, 0.5) is 10.6 Å². The van der Waals surface area contributed by atoms with Gasteiger partial charge in [0, 0.05) is 45.0 Å². The molecule has 0 saturated carbocycles. The van der Waals surface area contributed by atoms with Gasteiger partial charge in [-0.05, 0) is 32.9 Å². The lowest BCUT2D eigenvalue weighted by Gasteiger charge is -2.34. The highest BCUT2D eigenvalue weighted by molar-refractivity contribution is 5.89. The number of carbonyl (C=O) groups is 1. The number of carbonyl (C=O) groups excluding carboxylic acids is 1. The number of anilines is 1. The SMILES string of the molecule is Cc1cc(CN2CCN(C(=O)Nc3ncccc3OC(C)C)CC2)no1. The quantitative estimate of drug-likeness (QED) is 0.883. The molecule has 3 rings (SSSR count). The minimum atomic E-state index is -0.158. The molecule has 0 atom stereocenters. The van der Waals surface area contributed by atoms with Gasteiger partial charge >= 0.3 is 6.03 Å². The molecule has 0 aromatic carbocycles. The highest BCUT2D eigenvalue weighted by Crippen LogP contribution is 2.22. The molecule has 2 amide bonds. The molecule has 0 bridgehead atoms. The molecule has 26 heavy (non-hydrogen) atoms. The van der Waals surface area contributed by atoms with E-state index in [0.29, 0.717) is 24.7 Å². The first kappa shape index (κ1) is 18.2. The largest absolute Gasteiger partial charge is 0.487 e. The number of hydrogen-bond acceptors (Lipinski definition) is 6. The zero-order chi connectivity index (χ0) is 18.5. The fourth-order valence-electron chi connectivity index (χ4n) is 2.84. The molecule has 1 N–H and O–H groups in total. The highest BCUT2D eigenvalue weighted by Gasteiger charge is 2.23. The summed E-state index contributed by atoms with van der Waals surface area (Å²) in [4.78, 5) is 20.8. The van der Waals surface area contributed by atoms with Crippen LogP contribution >= 0.6 is 0 Å². The van der Waals surface area contributed by atoms with Crippen molar-refractivity contribution in [3.8, 4) is 5.75 Å². The molecule has 3 heterocycles. The molecule has 0 spiro atoms. The second-order valence-corrected chi connectivity index (χ2v) is 6.64. The van der Waals surface area contributed by atoms with E-state index in [-0.39, 0.29) is 12.1 Å².